The lowest BCUT2D eigenvalue weighted by Gasteiger charge is -2.24. The molecule has 0 N–H and O–H groups in total. The molecular weight excluding hydrogens is 236 g/mol. The Hall–Kier alpha value is -1.06. The van der Waals surface area contributed by atoms with Crippen LogP contribution in [0, 0.1) is 6.92 Å². The summed E-state index contributed by atoms with van der Waals surface area (Å²) >= 11 is 6.17. The fraction of sp³-hybridized carbons (Fsp3) is 0.462. The molecular formula is C13H15ClN2O. The van der Waals surface area contributed by atoms with Crippen molar-refractivity contribution in [2.45, 2.75) is 32.4 Å². The molecule has 4 heteroatoms. The maximum atomic E-state index is 6.17. The van der Waals surface area contributed by atoms with E-state index in [1.807, 2.05) is 29.9 Å². The third-order valence-corrected chi connectivity index (χ3v) is 3.78. The first-order valence-electron chi connectivity index (χ1n) is 6.01. The number of benzene rings is 1. The van der Waals surface area contributed by atoms with Gasteiger partial charge in [0.25, 0.3) is 0 Å². The molecule has 1 aromatic carbocycles. The highest BCUT2D eigenvalue weighted by Gasteiger charge is 2.19. The Morgan fingerprint density at radius 2 is 2.29 bits per heavy atom. The molecule has 2 aromatic rings. The molecule has 0 bridgehead atoms. The smallest absolute Gasteiger partial charge is 0.150 e. The molecule has 3 nitrogen and oxygen atoms in total. The second-order valence-electron chi connectivity index (χ2n) is 4.52. The molecule has 1 saturated heterocycles. The highest BCUT2D eigenvalue weighted by atomic mass is 35.5. The average molecular weight is 251 g/mol. The fourth-order valence-corrected chi connectivity index (χ4v) is 2.57. The van der Waals surface area contributed by atoms with E-state index in [0.717, 1.165) is 40.9 Å². The molecule has 2 heterocycles. The lowest BCUT2D eigenvalue weighted by molar-refractivity contribution is -0.0367. The highest BCUT2D eigenvalue weighted by Crippen LogP contribution is 2.30. The van der Waals surface area contributed by atoms with Crippen LogP contribution in [0.25, 0.3) is 10.9 Å². The van der Waals surface area contributed by atoms with Crippen molar-refractivity contribution in [1.29, 1.82) is 0 Å². The average Bonchev–Trinajstić information content (AvgIpc) is 2.79. The first-order chi connectivity index (χ1) is 8.27. The monoisotopic (exact) mass is 250 g/mol. The zero-order valence-corrected chi connectivity index (χ0v) is 10.6. The highest BCUT2D eigenvalue weighted by molar-refractivity contribution is 6.32. The number of rotatable bonds is 1. The van der Waals surface area contributed by atoms with E-state index in [9.17, 15) is 0 Å². The van der Waals surface area contributed by atoms with E-state index in [0.29, 0.717) is 0 Å². The maximum Gasteiger partial charge on any atom is 0.150 e. The predicted octanol–water partition coefficient (Wildman–Crippen LogP) is 3.70. The van der Waals surface area contributed by atoms with Crippen LogP contribution < -0.4 is 0 Å². The van der Waals surface area contributed by atoms with E-state index in [1.165, 1.54) is 6.42 Å². The van der Waals surface area contributed by atoms with Crippen molar-refractivity contribution in [3.8, 4) is 0 Å². The molecule has 0 spiro atoms. The van der Waals surface area contributed by atoms with Gasteiger partial charge in [-0.2, -0.15) is 5.10 Å². The quantitative estimate of drug-likeness (QED) is 0.772. The summed E-state index contributed by atoms with van der Waals surface area (Å²) in [7, 11) is 0. The summed E-state index contributed by atoms with van der Waals surface area (Å²) in [6.07, 6.45) is 5.33. The molecule has 3 rings (SSSR count). The number of nitrogens with zero attached hydrogens (tertiary/aromatic N) is 2. The van der Waals surface area contributed by atoms with Crippen molar-refractivity contribution in [2.24, 2.45) is 0 Å². The maximum absolute atomic E-state index is 6.17. The van der Waals surface area contributed by atoms with E-state index < -0.39 is 0 Å². The van der Waals surface area contributed by atoms with Crippen LogP contribution in [-0.4, -0.2) is 16.4 Å². The third kappa shape index (κ3) is 1.83. The Morgan fingerprint density at radius 1 is 1.41 bits per heavy atom. The van der Waals surface area contributed by atoms with Crippen LogP contribution in [0.1, 0.15) is 31.1 Å². The standard InChI is InChI=1S/C13H15ClN2O/c1-9-11(14)6-5-10-8-15-16(13(9)10)12-4-2-3-7-17-12/h5-6,8,12H,2-4,7H2,1H3. The number of hydrogen-bond donors (Lipinski definition) is 0. The first kappa shape index (κ1) is 11.1. The van der Waals surface area contributed by atoms with E-state index in [-0.39, 0.29) is 6.23 Å². The second-order valence-corrected chi connectivity index (χ2v) is 4.93. The van der Waals surface area contributed by atoms with Gasteiger partial charge in [-0.25, -0.2) is 4.68 Å². The molecule has 17 heavy (non-hydrogen) atoms. The molecule has 0 saturated carbocycles. The van der Waals surface area contributed by atoms with Crippen molar-refractivity contribution >= 4 is 22.5 Å². The normalized spacial score (nSPS) is 20.9. The summed E-state index contributed by atoms with van der Waals surface area (Å²) in [5.74, 6) is 0. The number of aryl methyl sites for hydroxylation is 1. The molecule has 0 aliphatic carbocycles. The zero-order valence-electron chi connectivity index (χ0n) is 9.82. The third-order valence-electron chi connectivity index (χ3n) is 3.37. The van der Waals surface area contributed by atoms with Crippen LogP contribution in [0.4, 0.5) is 0 Å². The largest absolute Gasteiger partial charge is 0.356 e. The van der Waals surface area contributed by atoms with Crippen molar-refractivity contribution in [2.75, 3.05) is 6.61 Å². The van der Waals surface area contributed by atoms with Gasteiger partial charge in [0.15, 0.2) is 6.23 Å². The summed E-state index contributed by atoms with van der Waals surface area (Å²) in [6, 6.07) is 3.93. The van der Waals surface area contributed by atoms with Crippen molar-refractivity contribution < 1.29 is 4.74 Å². The van der Waals surface area contributed by atoms with E-state index >= 15 is 0 Å². The Kier molecular flexibility index (Phi) is 2.81. The molecule has 1 fully saturated rings. The Bertz CT molecular complexity index is 544. The Morgan fingerprint density at radius 3 is 3.06 bits per heavy atom. The first-order valence-corrected chi connectivity index (χ1v) is 6.39. The number of aromatic nitrogens is 2. The molecule has 1 aliphatic rings. The van der Waals surface area contributed by atoms with Gasteiger partial charge in [0.2, 0.25) is 0 Å². The minimum atomic E-state index is 0.0680. The molecule has 90 valence electrons. The van der Waals surface area contributed by atoms with Gasteiger partial charge in [-0.3, -0.25) is 0 Å². The number of ether oxygens (including phenoxy) is 1. The van der Waals surface area contributed by atoms with Crippen LogP contribution in [0.15, 0.2) is 18.3 Å². The number of hydrogen-bond acceptors (Lipinski definition) is 2. The van der Waals surface area contributed by atoms with Crippen LogP contribution in [-0.2, 0) is 4.74 Å². The SMILES string of the molecule is Cc1c(Cl)ccc2cnn(C3CCCCO3)c12. The van der Waals surface area contributed by atoms with Gasteiger partial charge in [0.05, 0.1) is 11.7 Å². The second kappa shape index (κ2) is 4.31. The van der Waals surface area contributed by atoms with E-state index in [1.54, 1.807) is 0 Å². The van der Waals surface area contributed by atoms with Gasteiger partial charge in [-0.1, -0.05) is 11.6 Å². The minimum Gasteiger partial charge on any atom is -0.356 e. The summed E-state index contributed by atoms with van der Waals surface area (Å²) in [6.45, 7) is 2.86. The predicted molar refractivity (Wildman–Crippen MR) is 68.3 cm³/mol. The van der Waals surface area contributed by atoms with Gasteiger partial charge in [-0.05, 0) is 43.9 Å². The van der Waals surface area contributed by atoms with Crippen molar-refractivity contribution in [3.05, 3.63) is 28.9 Å². The van der Waals surface area contributed by atoms with Gasteiger partial charge in [0, 0.05) is 17.0 Å². The Balaban J connectivity index is 2.12. The molecule has 1 unspecified atom stereocenters. The van der Waals surface area contributed by atoms with Gasteiger partial charge in [-0.15, -0.1) is 0 Å². The summed E-state index contributed by atoms with van der Waals surface area (Å²) in [5, 5.41) is 6.37. The number of fused-ring (bicyclic) bond motifs is 1. The van der Waals surface area contributed by atoms with Gasteiger partial charge < -0.3 is 4.74 Å². The zero-order chi connectivity index (χ0) is 11.8. The van der Waals surface area contributed by atoms with Crippen molar-refractivity contribution in [1.82, 2.24) is 9.78 Å². The molecule has 1 atom stereocenters. The molecule has 1 aliphatic heterocycles. The van der Waals surface area contributed by atoms with Crippen LogP contribution >= 0.6 is 11.6 Å². The molecule has 0 amide bonds. The van der Waals surface area contributed by atoms with Crippen molar-refractivity contribution in [3.63, 3.8) is 0 Å². The van der Waals surface area contributed by atoms with Crippen LogP contribution in [0.3, 0.4) is 0 Å². The van der Waals surface area contributed by atoms with Crippen LogP contribution in [0.2, 0.25) is 5.02 Å². The van der Waals surface area contributed by atoms with Crippen LogP contribution in [0.5, 0.6) is 0 Å². The summed E-state index contributed by atoms with van der Waals surface area (Å²) in [4.78, 5) is 0. The molecule has 0 radical (unpaired) electrons. The Labute approximate surface area is 105 Å². The minimum absolute atomic E-state index is 0.0680. The summed E-state index contributed by atoms with van der Waals surface area (Å²) < 4.78 is 7.76. The topological polar surface area (TPSA) is 27.1 Å². The lowest BCUT2D eigenvalue weighted by Crippen LogP contribution is -2.19. The fourth-order valence-electron chi connectivity index (χ4n) is 2.42. The summed E-state index contributed by atoms with van der Waals surface area (Å²) in [5.41, 5.74) is 2.18. The van der Waals surface area contributed by atoms with E-state index in [4.69, 9.17) is 16.3 Å². The van der Waals surface area contributed by atoms with E-state index in [2.05, 4.69) is 5.10 Å². The van der Waals surface area contributed by atoms with Gasteiger partial charge in [0.1, 0.15) is 0 Å². The van der Waals surface area contributed by atoms with Gasteiger partial charge >= 0.3 is 0 Å². The number of halogens is 1. The lowest BCUT2D eigenvalue weighted by atomic mass is 10.1. The molecule has 1 aromatic heterocycles.